The van der Waals surface area contributed by atoms with Gasteiger partial charge in [-0.15, -0.1) is 18.2 Å². The van der Waals surface area contributed by atoms with E-state index in [2.05, 4.69) is 5.92 Å². The fourth-order valence-corrected chi connectivity index (χ4v) is 1.84. The van der Waals surface area contributed by atoms with Gasteiger partial charge in [0.05, 0.1) is 5.75 Å². The third kappa shape index (κ3) is 1.97. The van der Waals surface area contributed by atoms with Crippen LogP contribution in [0.5, 0.6) is 11.5 Å². The van der Waals surface area contributed by atoms with Crippen LogP contribution in [-0.4, -0.2) is 19.0 Å². The standard InChI is InChI=1S/C11H10O2S/c1-2-7-14-9-3-4-10-11(8-9)13-6-5-12-10/h1,3-4,8H,5-7H2. The van der Waals surface area contributed by atoms with Gasteiger partial charge in [-0.1, -0.05) is 5.92 Å². The first-order valence-corrected chi connectivity index (χ1v) is 5.34. The Morgan fingerprint density at radius 2 is 2.07 bits per heavy atom. The molecule has 1 heterocycles. The number of fused-ring (bicyclic) bond motifs is 1. The molecule has 0 amide bonds. The topological polar surface area (TPSA) is 18.5 Å². The number of thioether (sulfide) groups is 1. The Labute approximate surface area is 87.6 Å². The number of rotatable bonds is 2. The summed E-state index contributed by atoms with van der Waals surface area (Å²) >= 11 is 1.62. The zero-order chi connectivity index (χ0) is 9.80. The minimum absolute atomic E-state index is 0.621. The predicted octanol–water partition coefficient (Wildman–Crippen LogP) is 2.18. The lowest BCUT2D eigenvalue weighted by Crippen LogP contribution is -2.15. The fourth-order valence-electron chi connectivity index (χ4n) is 1.24. The molecule has 3 heteroatoms. The van der Waals surface area contributed by atoms with Gasteiger partial charge in [-0.3, -0.25) is 0 Å². The summed E-state index contributed by atoms with van der Waals surface area (Å²) < 4.78 is 10.9. The summed E-state index contributed by atoms with van der Waals surface area (Å²) in [4.78, 5) is 1.12. The van der Waals surface area contributed by atoms with E-state index in [4.69, 9.17) is 15.9 Å². The van der Waals surface area contributed by atoms with Crippen LogP contribution in [-0.2, 0) is 0 Å². The first kappa shape index (κ1) is 9.29. The average molecular weight is 206 g/mol. The van der Waals surface area contributed by atoms with E-state index in [-0.39, 0.29) is 0 Å². The van der Waals surface area contributed by atoms with Gasteiger partial charge in [-0.25, -0.2) is 0 Å². The molecule has 0 spiro atoms. The summed E-state index contributed by atoms with van der Waals surface area (Å²) in [6, 6.07) is 5.89. The number of hydrogen-bond donors (Lipinski definition) is 0. The molecule has 1 aliphatic heterocycles. The molecule has 2 nitrogen and oxygen atoms in total. The summed E-state index contributed by atoms with van der Waals surface area (Å²) in [6.45, 7) is 1.25. The Bertz CT molecular complexity index is 368. The predicted molar refractivity (Wildman–Crippen MR) is 57.0 cm³/mol. The summed E-state index contributed by atoms with van der Waals surface area (Å²) in [7, 11) is 0. The van der Waals surface area contributed by atoms with Crippen LogP contribution in [0.25, 0.3) is 0 Å². The summed E-state index contributed by atoms with van der Waals surface area (Å²) in [5, 5.41) is 0. The van der Waals surface area contributed by atoms with Crippen LogP contribution in [0.4, 0.5) is 0 Å². The van der Waals surface area contributed by atoms with E-state index in [0.717, 1.165) is 16.4 Å². The molecular weight excluding hydrogens is 196 g/mol. The van der Waals surface area contributed by atoms with Crippen LogP contribution in [0.3, 0.4) is 0 Å². The second-order valence-electron chi connectivity index (χ2n) is 2.80. The van der Waals surface area contributed by atoms with Crippen LogP contribution in [0.15, 0.2) is 23.1 Å². The molecule has 0 N–H and O–H groups in total. The van der Waals surface area contributed by atoms with E-state index in [0.29, 0.717) is 19.0 Å². The molecule has 1 aromatic rings. The molecule has 2 rings (SSSR count). The molecule has 0 aromatic heterocycles. The van der Waals surface area contributed by atoms with E-state index < -0.39 is 0 Å². The minimum Gasteiger partial charge on any atom is -0.486 e. The highest BCUT2D eigenvalue weighted by Gasteiger charge is 2.11. The van der Waals surface area contributed by atoms with Gasteiger partial charge in [0, 0.05) is 4.90 Å². The highest BCUT2D eigenvalue weighted by Crippen LogP contribution is 2.33. The molecule has 0 unspecified atom stereocenters. The van der Waals surface area contributed by atoms with Gasteiger partial charge in [-0.05, 0) is 18.2 Å². The monoisotopic (exact) mass is 206 g/mol. The Morgan fingerprint density at radius 3 is 2.86 bits per heavy atom. The van der Waals surface area contributed by atoms with Crippen molar-refractivity contribution in [3.63, 3.8) is 0 Å². The first-order valence-electron chi connectivity index (χ1n) is 4.36. The highest BCUT2D eigenvalue weighted by molar-refractivity contribution is 7.99. The number of benzene rings is 1. The van der Waals surface area contributed by atoms with Crippen LogP contribution in [0, 0.1) is 12.3 Å². The number of hydrogen-bond acceptors (Lipinski definition) is 3. The highest BCUT2D eigenvalue weighted by atomic mass is 32.2. The largest absolute Gasteiger partial charge is 0.486 e. The van der Waals surface area contributed by atoms with E-state index in [9.17, 15) is 0 Å². The van der Waals surface area contributed by atoms with Crippen molar-refractivity contribution in [1.82, 2.24) is 0 Å². The molecule has 0 bridgehead atoms. The van der Waals surface area contributed by atoms with Gasteiger partial charge in [0.2, 0.25) is 0 Å². The SMILES string of the molecule is C#CCSc1ccc2c(c1)OCCO2. The summed E-state index contributed by atoms with van der Waals surface area (Å²) in [5.74, 6) is 4.91. The molecule has 1 aliphatic rings. The smallest absolute Gasteiger partial charge is 0.162 e. The van der Waals surface area contributed by atoms with Crippen molar-refractivity contribution >= 4 is 11.8 Å². The van der Waals surface area contributed by atoms with E-state index in [1.54, 1.807) is 11.8 Å². The molecule has 72 valence electrons. The minimum atomic E-state index is 0.621. The Morgan fingerprint density at radius 1 is 1.29 bits per heavy atom. The second kappa shape index (κ2) is 4.30. The third-order valence-electron chi connectivity index (χ3n) is 1.84. The van der Waals surface area contributed by atoms with E-state index in [1.807, 2.05) is 18.2 Å². The first-order chi connectivity index (χ1) is 6.90. The van der Waals surface area contributed by atoms with Crippen molar-refractivity contribution in [2.75, 3.05) is 19.0 Å². The fraction of sp³-hybridized carbons (Fsp3) is 0.273. The maximum atomic E-state index is 5.45. The molecule has 0 atom stereocenters. The molecule has 0 saturated heterocycles. The van der Waals surface area contributed by atoms with Crippen molar-refractivity contribution in [2.45, 2.75) is 4.90 Å². The summed E-state index contributed by atoms with van der Waals surface area (Å²) in [6.07, 6.45) is 5.19. The zero-order valence-corrected chi connectivity index (χ0v) is 8.47. The Hall–Kier alpha value is -1.27. The van der Waals surface area contributed by atoms with Crippen LogP contribution in [0.1, 0.15) is 0 Å². The van der Waals surface area contributed by atoms with E-state index in [1.165, 1.54) is 0 Å². The number of ether oxygens (including phenoxy) is 2. The average Bonchev–Trinajstić information content (AvgIpc) is 2.26. The molecule has 1 aromatic carbocycles. The van der Waals surface area contributed by atoms with Gasteiger partial charge < -0.3 is 9.47 Å². The van der Waals surface area contributed by atoms with Crippen LogP contribution < -0.4 is 9.47 Å². The van der Waals surface area contributed by atoms with Crippen molar-refractivity contribution < 1.29 is 9.47 Å². The van der Waals surface area contributed by atoms with Crippen LogP contribution >= 0.6 is 11.8 Å². The van der Waals surface area contributed by atoms with E-state index >= 15 is 0 Å². The lowest BCUT2D eigenvalue weighted by molar-refractivity contribution is 0.171. The van der Waals surface area contributed by atoms with Crippen LogP contribution in [0.2, 0.25) is 0 Å². The van der Waals surface area contributed by atoms with Crippen molar-refractivity contribution in [2.24, 2.45) is 0 Å². The van der Waals surface area contributed by atoms with Gasteiger partial charge >= 0.3 is 0 Å². The zero-order valence-electron chi connectivity index (χ0n) is 7.66. The molecule has 0 saturated carbocycles. The van der Waals surface area contributed by atoms with Gasteiger partial charge in [0.1, 0.15) is 13.2 Å². The van der Waals surface area contributed by atoms with Crippen molar-refractivity contribution in [3.8, 4) is 23.8 Å². The third-order valence-corrected chi connectivity index (χ3v) is 2.73. The van der Waals surface area contributed by atoms with Gasteiger partial charge in [0.25, 0.3) is 0 Å². The normalized spacial score (nSPS) is 13.4. The molecule has 0 aliphatic carbocycles. The quantitative estimate of drug-likeness (QED) is 0.546. The summed E-state index contributed by atoms with van der Waals surface area (Å²) in [5.41, 5.74) is 0. The second-order valence-corrected chi connectivity index (χ2v) is 3.85. The maximum absolute atomic E-state index is 5.45. The Kier molecular flexibility index (Phi) is 2.85. The maximum Gasteiger partial charge on any atom is 0.162 e. The lowest BCUT2D eigenvalue weighted by Gasteiger charge is -2.18. The molecule has 14 heavy (non-hydrogen) atoms. The Balaban J connectivity index is 2.17. The van der Waals surface area contributed by atoms with Gasteiger partial charge in [-0.2, -0.15) is 0 Å². The lowest BCUT2D eigenvalue weighted by atomic mass is 10.3. The van der Waals surface area contributed by atoms with Crippen molar-refractivity contribution in [3.05, 3.63) is 18.2 Å². The molecule has 0 fully saturated rings. The number of terminal acetylenes is 1. The molecule has 0 radical (unpaired) electrons. The van der Waals surface area contributed by atoms with Gasteiger partial charge in [0.15, 0.2) is 11.5 Å². The van der Waals surface area contributed by atoms with Crippen molar-refractivity contribution in [1.29, 1.82) is 0 Å². The molecular formula is C11H10O2S.